The summed E-state index contributed by atoms with van der Waals surface area (Å²) in [5.74, 6) is 0. The zero-order valence-corrected chi connectivity index (χ0v) is 9.25. The van der Waals surface area contributed by atoms with E-state index in [1.807, 2.05) is 0 Å². The summed E-state index contributed by atoms with van der Waals surface area (Å²) < 4.78 is 39.4. The number of nitrogens with one attached hydrogen (secondary N) is 1. The van der Waals surface area contributed by atoms with Crippen molar-refractivity contribution in [3.8, 4) is 11.7 Å². The highest BCUT2D eigenvalue weighted by Crippen LogP contribution is 2.36. The maximum Gasteiger partial charge on any atom is 0.416 e. The maximum atomic E-state index is 12.6. The second kappa shape index (κ2) is 3.41. The summed E-state index contributed by atoms with van der Waals surface area (Å²) in [7, 11) is 0. The fourth-order valence-electron chi connectivity index (χ4n) is 1.87. The van der Waals surface area contributed by atoms with E-state index < -0.39 is 11.7 Å². The number of nitrogens with zero attached hydrogens (tertiary/aromatic N) is 2. The smallest absolute Gasteiger partial charge is 0.341 e. The van der Waals surface area contributed by atoms with Gasteiger partial charge in [0.05, 0.1) is 23.1 Å². The molecule has 0 atom stereocenters. The zero-order chi connectivity index (χ0) is 12.9. The van der Waals surface area contributed by atoms with Crippen LogP contribution >= 0.6 is 0 Å². The van der Waals surface area contributed by atoms with Crippen LogP contribution in [-0.4, -0.2) is 9.55 Å². The quantitative estimate of drug-likeness (QED) is 0.786. The summed E-state index contributed by atoms with van der Waals surface area (Å²) >= 11 is 0. The average molecular weight is 255 g/mol. The molecule has 18 heavy (non-hydrogen) atoms. The van der Waals surface area contributed by atoms with Gasteiger partial charge in [0, 0.05) is 5.69 Å². The molecule has 7 heteroatoms. The molecule has 1 aromatic heterocycles. The number of fused-ring (bicyclic) bond motifs is 3. The molecule has 0 saturated carbocycles. The first-order chi connectivity index (χ1) is 8.47. The second-order valence-corrected chi connectivity index (χ2v) is 3.95. The summed E-state index contributed by atoms with van der Waals surface area (Å²) in [6, 6.07) is 3.75. The average Bonchev–Trinajstić information content (AvgIpc) is 2.69. The zero-order valence-electron chi connectivity index (χ0n) is 9.25. The van der Waals surface area contributed by atoms with Gasteiger partial charge in [0.2, 0.25) is 0 Å². The van der Waals surface area contributed by atoms with E-state index in [1.165, 1.54) is 6.07 Å². The number of aryl methyl sites for hydroxylation is 1. The number of rotatable bonds is 0. The van der Waals surface area contributed by atoms with Crippen molar-refractivity contribution in [2.24, 2.45) is 0 Å². The Morgan fingerprint density at radius 3 is 2.83 bits per heavy atom. The highest BCUT2D eigenvalue weighted by molar-refractivity contribution is 5.65. The fraction of sp³-hybridized carbons (Fsp3) is 0.182. The summed E-state index contributed by atoms with van der Waals surface area (Å²) in [6.45, 7) is 1.80. The lowest BCUT2D eigenvalue weighted by molar-refractivity contribution is -0.137. The van der Waals surface area contributed by atoms with Crippen LogP contribution in [0, 0.1) is 6.92 Å². The van der Waals surface area contributed by atoms with Crippen molar-refractivity contribution in [2.75, 3.05) is 5.48 Å². The van der Waals surface area contributed by atoms with Crippen molar-refractivity contribution in [2.45, 2.75) is 13.1 Å². The molecule has 0 spiro atoms. The van der Waals surface area contributed by atoms with Crippen molar-refractivity contribution in [1.82, 2.24) is 9.55 Å². The number of alkyl halides is 3. The molecule has 0 unspecified atom stereocenters. The lowest BCUT2D eigenvalue weighted by atomic mass is 10.1. The van der Waals surface area contributed by atoms with Crippen LogP contribution in [-0.2, 0) is 6.18 Å². The molecule has 0 radical (unpaired) electrons. The Morgan fingerprint density at radius 2 is 2.11 bits per heavy atom. The van der Waals surface area contributed by atoms with Crippen LogP contribution in [0.5, 0.6) is 6.01 Å². The lowest BCUT2D eigenvalue weighted by Crippen LogP contribution is -2.18. The van der Waals surface area contributed by atoms with E-state index in [-0.39, 0.29) is 5.69 Å². The fourth-order valence-corrected chi connectivity index (χ4v) is 1.87. The van der Waals surface area contributed by atoms with Gasteiger partial charge < -0.3 is 4.84 Å². The molecule has 1 aliphatic heterocycles. The van der Waals surface area contributed by atoms with Gasteiger partial charge in [-0.15, -0.1) is 0 Å². The normalized spacial score (nSPS) is 13.3. The first-order valence-corrected chi connectivity index (χ1v) is 5.15. The predicted octanol–water partition coefficient (Wildman–Crippen LogP) is 2.92. The molecular formula is C11H8F3N3O. The number of hydrogen-bond acceptors (Lipinski definition) is 3. The highest BCUT2D eigenvalue weighted by Gasteiger charge is 2.32. The Bertz CT molecular complexity index is 618. The van der Waals surface area contributed by atoms with Gasteiger partial charge in [0.15, 0.2) is 0 Å². The number of halogens is 3. The Labute approximate surface area is 100.0 Å². The first kappa shape index (κ1) is 10.9. The molecule has 0 aliphatic carbocycles. The number of hydrogen-bond donors (Lipinski definition) is 1. The molecule has 0 amide bonds. The van der Waals surface area contributed by atoms with Crippen LogP contribution in [0.3, 0.4) is 0 Å². The van der Waals surface area contributed by atoms with Crippen LogP contribution in [0.2, 0.25) is 0 Å². The SMILES string of the molecule is Cc1cnc2n1-c1ccc(C(F)(F)F)cc1NO2. The molecule has 0 fully saturated rings. The van der Waals surface area contributed by atoms with Crippen LogP contribution in [0.1, 0.15) is 11.3 Å². The third-order valence-corrected chi connectivity index (χ3v) is 2.72. The van der Waals surface area contributed by atoms with Crippen molar-refractivity contribution < 1.29 is 18.0 Å². The number of aromatic nitrogens is 2. The van der Waals surface area contributed by atoms with E-state index in [0.717, 1.165) is 17.8 Å². The molecule has 2 aromatic rings. The van der Waals surface area contributed by atoms with Gasteiger partial charge in [-0.2, -0.15) is 13.2 Å². The van der Waals surface area contributed by atoms with Crippen molar-refractivity contribution >= 4 is 5.69 Å². The molecular weight excluding hydrogens is 247 g/mol. The molecule has 94 valence electrons. The standard InChI is InChI=1S/C11H8F3N3O/c1-6-5-15-10-17(6)9-3-2-7(11(12,13)14)4-8(9)16-18-10/h2-5,16H,1H3. The van der Waals surface area contributed by atoms with Crippen molar-refractivity contribution in [1.29, 1.82) is 0 Å². The van der Waals surface area contributed by atoms with E-state index in [1.54, 1.807) is 17.7 Å². The van der Waals surface area contributed by atoms with E-state index in [0.29, 0.717) is 11.7 Å². The maximum absolute atomic E-state index is 12.6. The summed E-state index contributed by atoms with van der Waals surface area (Å²) in [5.41, 5.74) is 3.37. The second-order valence-electron chi connectivity index (χ2n) is 3.95. The minimum atomic E-state index is -4.37. The van der Waals surface area contributed by atoms with E-state index in [2.05, 4.69) is 10.5 Å². The Hall–Kier alpha value is -2.18. The van der Waals surface area contributed by atoms with Gasteiger partial charge in [-0.05, 0) is 25.1 Å². The van der Waals surface area contributed by atoms with Gasteiger partial charge >= 0.3 is 12.2 Å². The van der Waals surface area contributed by atoms with E-state index in [4.69, 9.17) is 4.84 Å². The minimum absolute atomic E-state index is 0.262. The molecule has 2 heterocycles. The van der Waals surface area contributed by atoms with Gasteiger partial charge in [0.25, 0.3) is 0 Å². The summed E-state index contributed by atoms with van der Waals surface area (Å²) in [4.78, 5) is 9.06. The Morgan fingerprint density at radius 1 is 1.33 bits per heavy atom. The van der Waals surface area contributed by atoms with Crippen molar-refractivity contribution in [3.05, 3.63) is 35.7 Å². The van der Waals surface area contributed by atoms with Gasteiger partial charge in [-0.3, -0.25) is 4.57 Å². The molecule has 0 saturated heterocycles. The largest absolute Gasteiger partial charge is 0.416 e. The minimum Gasteiger partial charge on any atom is -0.341 e. The van der Waals surface area contributed by atoms with Crippen molar-refractivity contribution in [3.63, 3.8) is 0 Å². The topological polar surface area (TPSA) is 39.1 Å². The number of benzene rings is 1. The third-order valence-electron chi connectivity index (χ3n) is 2.72. The Balaban J connectivity index is 2.17. The molecule has 1 aromatic carbocycles. The first-order valence-electron chi connectivity index (χ1n) is 5.15. The number of imidazole rings is 1. The summed E-state index contributed by atoms with van der Waals surface area (Å²) in [6.07, 6.45) is -2.79. The molecule has 4 nitrogen and oxygen atoms in total. The van der Waals surface area contributed by atoms with Gasteiger partial charge in [0.1, 0.15) is 0 Å². The van der Waals surface area contributed by atoms with E-state index >= 15 is 0 Å². The highest BCUT2D eigenvalue weighted by atomic mass is 19.4. The van der Waals surface area contributed by atoms with Crippen LogP contribution < -0.4 is 10.3 Å². The van der Waals surface area contributed by atoms with Gasteiger partial charge in [-0.25, -0.2) is 10.5 Å². The lowest BCUT2D eigenvalue weighted by Gasteiger charge is -2.21. The third kappa shape index (κ3) is 1.51. The van der Waals surface area contributed by atoms with Crippen LogP contribution in [0.15, 0.2) is 24.4 Å². The Kier molecular flexibility index (Phi) is 2.07. The molecule has 0 bridgehead atoms. The molecule has 3 rings (SSSR count). The van der Waals surface area contributed by atoms with Crippen LogP contribution in [0.25, 0.3) is 5.69 Å². The number of anilines is 1. The molecule has 1 N–H and O–H groups in total. The van der Waals surface area contributed by atoms with Gasteiger partial charge in [-0.1, -0.05) is 0 Å². The van der Waals surface area contributed by atoms with E-state index in [9.17, 15) is 13.2 Å². The predicted molar refractivity (Wildman–Crippen MR) is 57.6 cm³/mol. The monoisotopic (exact) mass is 255 g/mol. The summed E-state index contributed by atoms with van der Waals surface area (Å²) in [5, 5.41) is 0. The van der Waals surface area contributed by atoms with Crippen LogP contribution in [0.4, 0.5) is 18.9 Å². The molecule has 1 aliphatic rings.